The van der Waals surface area contributed by atoms with Crippen molar-refractivity contribution in [1.29, 1.82) is 0 Å². The fourth-order valence-electron chi connectivity index (χ4n) is 1.99. The lowest BCUT2D eigenvalue weighted by molar-refractivity contribution is 0.0934. The summed E-state index contributed by atoms with van der Waals surface area (Å²) < 4.78 is 0. The Morgan fingerprint density at radius 3 is 2.35 bits per heavy atom. The van der Waals surface area contributed by atoms with Crippen molar-refractivity contribution in [1.82, 2.24) is 10.3 Å². The number of pyridine rings is 1. The number of amides is 2. The second-order valence-corrected chi connectivity index (χ2v) is 5.46. The maximum absolute atomic E-state index is 12.3. The summed E-state index contributed by atoms with van der Waals surface area (Å²) >= 11 is 0. The molecule has 0 spiro atoms. The number of hydrogen-bond donors (Lipinski definition) is 2. The van der Waals surface area contributed by atoms with Crippen LogP contribution in [-0.4, -0.2) is 22.8 Å². The standard InChI is InChI=1S/C18H21N3O2/c1-4-13(3)19-17(22)15-10-7-11-16(20-15)18(23)21-14-9-6-5-8-12(14)2/h5-11,13H,4H2,1-3H3,(H,19,22)(H,21,23). The molecule has 2 amide bonds. The number of aryl methyl sites for hydroxylation is 1. The van der Waals surface area contributed by atoms with E-state index < -0.39 is 0 Å². The topological polar surface area (TPSA) is 71.1 Å². The first-order chi connectivity index (χ1) is 11.0. The number of aromatic nitrogens is 1. The number of rotatable bonds is 5. The lowest BCUT2D eigenvalue weighted by atomic mass is 10.2. The third kappa shape index (κ3) is 4.39. The van der Waals surface area contributed by atoms with Crippen LogP contribution in [0.3, 0.4) is 0 Å². The molecule has 5 nitrogen and oxygen atoms in total. The van der Waals surface area contributed by atoms with E-state index in [0.717, 1.165) is 17.7 Å². The minimum absolute atomic E-state index is 0.0637. The Labute approximate surface area is 136 Å². The molecule has 0 saturated carbocycles. The molecule has 0 radical (unpaired) electrons. The fourth-order valence-corrected chi connectivity index (χ4v) is 1.99. The number of hydrogen-bond acceptors (Lipinski definition) is 3. The minimum atomic E-state index is -0.336. The average Bonchev–Trinajstić information content (AvgIpc) is 2.56. The van der Waals surface area contributed by atoms with Gasteiger partial charge in [-0.1, -0.05) is 31.2 Å². The van der Waals surface area contributed by atoms with Gasteiger partial charge in [-0.05, 0) is 44.0 Å². The van der Waals surface area contributed by atoms with Gasteiger partial charge in [0.05, 0.1) is 0 Å². The Morgan fingerprint density at radius 2 is 1.70 bits per heavy atom. The third-order valence-electron chi connectivity index (χ3n) is 3.60. The summed E-state index contributed by atoms with van der Waals surface area (Å²) in [5.74, 6) is -0.609. The number of carbonyl (C=O) groups excluding carboxylic acids is 2. The van der Waals surface area contributed by atoms with E-state index in [4.69, 9.17) is 0 Å². The van der Waals surface area contributed by atoms with E-state index in [-0.39, 0.29) is 29.2 Å². The van der Waals surface area contributed by atoms with Gasteiger partial charge in [-0.3, -0.25) is 9.59 Å². The summed E-state index contributed by atoms with van der Waals surface area (Å²) in [5, 5.41) is 5.65. The molecule has 0 bridgehead atoms. The number of carbonyl (C=O) groups is 2. The van der Waals surface area contributed by atoms with Gasteiger partial charge in [-0.2, -0.15) is 0 Å². The van der Waals surface area contributed by atoms with Gasteiger partial charge in [-0.15, -0.1) is 0 Å². The van der Waals surface area contributed by atoms with E-state index >= 15 is 0 Å². The molecule has 0 fully saturated rings. The van der Waals surface area contributed by atoms with Crippen molar-refractivity contribution in [3.63, 3.8) is 0 Å². The van der Waals surface area contributed by atoms with Crippen molar-refractivity contribution < 1.29 is 9.59 Å². The van der Waals surface area contributed by atoms with Crippen LogP contribution in [0.2, 0.25) is 0 Å². The lowest BCUT2D eigenvalue weighted by Crippen LogP contribution is -2.32. The van der Waals surface area contributed by atoms with Crippen molar-refractivity contribution in [2.24, 2.45) is 0 Å². The van der Waals surface area contributed by atoms with Gasteiger partial charge in [0, 0.05) is 11.7 Å². The van der Waals surface area contributed by atoms with Crippen LogP contribution in [0, 0.1) is 6.92 Å². The van der Waals surface area contributed by atoms with Gasteiger partial charge < -0.3 is 10.6 Å². The van der Waals surface area contributed by atoms with E-state index in [2.05, 4.69) is 15.6 Å². The highest BCUT2D eigenvalue weighted by atomic mass is 16.2. The van der Waals surface area contributed by atoms with Crippen LogP contribution in [0.25, 0.3) is 0 Å². The Kier molecular flexibility index (Phi) is 5.46. The first-order valence-electron chi connectivity index (χ1n) is 7.66. The van der Waals surface area contributed by atoms with Crippen molar-refractivity contribution in [2.45, 2.75) is 33.2 Å². The Morgan fingerprint density at radius 1 is 1.04 bits per heavy atom. The summed E-state index contributed by atoms with van der Waals surface area (Å²) in [6.07, 6.45) is 0.833. The van der Waals surface area contributed by atoms with Crippen LogP contribution in [0.4, 0.5) is 5.69 Å². The molecule has 1 aromatic carbocycles. The average molecular weight is 311 g/mol. The van der Waals surface area contributed by atoms with E-state index in [1.54, 1.807) is 18.2 Å². The number of anilines is 1. The molecule has 120 valence electrons. The monoisotopic (exact) mass is 311 g/mol. The minimum Gasteiger partial charge on any atom is -0.348 e. The van der Waals surface area contributed by atoms with Crippen LogP contribution in [-0.2, 0) is 0 Å². The van der Waals surface area contributed by atoms with Gasteiger partial charge >= 0.3 is 0 Å². The van der Waals surface area contributed by atoms with E-state index in [0.29, 0.717) is 0 Å². The lowest BCUT2D eigenvalue weighted by Gasteiger charge is -2.11. The molecular formula is C18H21N3O2. The van der Waals surface area contributed by atoms with Gasteiger partial charge in [0.2, 0.25) is 0 Å². The molecule has 0 aliphatic carbocycles. The van der Waals surface area contributed by atoms with Crippen molar-refractivity contribution in [3.05, 3.63) is 59.4 Å². The maximum Gasteiger partial charge on any atom is 0.274 e. The normalized spacial score (nSPS) is 11.6. The van der Waals surface area contributed by atoms with Crippen molar-refractivity contribution in [3.8, 4) is 0 Å². The molecule has 1 aromatic heterocycles. The van der Waals surface area contributed by atoms with E-state index in [1.807, 2.05) is 45.0 Å². The Bertz CT molecular complexity index is 713. The number of nitrogens with zero attached hydrogens (tertiary/aromatic N) is 1. The molecule has 0 aliphatic rings. The van der Waals surface area contributed by atoms with Gasteiger partial charge in [0.1, 0.15) is 11.4 Å². The highest BCUT2D eigenvalue weighted by Gasteiger charge is 2.14. The Balaban J connectivity index is 2.14. The van der Waals surface area contributed by atoms with E-state index in [9.17, 15) is 9.59 Å². The number of para-hydroxylation sites is 1. The second kappa shape index (κ2) is 7.54. The van der Waals surface area contributed by atoms with Crippen LogP contribution in [0.15, 0.2) is 42.5 Å². The quantitative estimate of drug-likeness (QED) is 0.891. The van der Waals surface area contributed by atoms with Crippen LogP contribution < -0.4 is 10.6 Å². The molecular weight excluding hydrogens is 290 g/mol. The maximum atomic E-state index is 12.3. The smallest absolute Gasteiger partial charge is 0.274 e. The number of nitrogens with one attached hydrogen (secondary N) is 2. The predicted molar refractivity (Wildman–Crippen MR) is 90.6 cm³/mol. The third-order valence-corrected chi connectivity index (χ3v) is 3.60. The summed E-state index contributed by atoms with van der Waals surface area (Å²) in [7, 11) is 0. The fraction of sp³-hybridized carbons (Fsp3) is 0.278. The first kappa shape index (κ1) is 16.7. The zero-order chi connectivity index (χ0) is 16.8. The molecule has 5 heteroatoms. The molecule has 23 heavy (non-hydrogen) atoms. The largest absolute Gasteiger partial charge is 0.348 e. The zero-order valence-corrected chi connectivity index (χ0v) is 13.6. The molecule has 0 aliphatic heterocycles. The van der Waals surface area contributed by atoms with Gasteiger partial charge in [0.25, 0.3) is 11.8 Å². The highest BCUT2D eigenvalue weighted by molar-refractivity contribution is 6.04. The van der Waals surface area contributed by atoms with Gasteiger partial charge in [-0.25, -0.2) is 4.98 Å². The molecule has 2 N–H and O–H groups in total. The number of benzene rings is 1. The van der Waals surface area contributed by atoms with E-state index in [1.165, 1.54) is 0 Å². The molecule has 2 rings (SSSR count). The SMILES string of the molecule is CCC(C)NC(=O)c1cccc(C(=O)Nc2ccccc2C)n1. The zero-order valence-electron chi connectivity index (χ0n) is 13.6. The first-order valence-corrected chi connectivity index (χ1v) is 7.66. The van der Waals surface area contributed by atoms with Crippen LogP contribution in [0.1, 0.15) is 46.8 Å². The molecule has 1 atom stereocenters. The van der Waals surface area contributed by atoms with Gasteiger partial charge in [0.15, 0.2) is 0 Å². The summed E-state index contributed by atoms with van der Waals surface area (Å²) in [4.78, 5) is 28.6. The van der Waals surface area contributed by atoms with Crippen LogP contribution >= 0.6 is 0 Å². The van der Waals surface area contributed by atoms with Crippen molar-refractivity contribution >= 4 is 17.5 Å². The summed E-state index contributed by atoms with van der Waals surface area (Å²) in [5.41, 5.74) is 2.15. The molecule has 0 saturated heterocycles. The predicted octanol–water partition coefficient (Wildman–Crippen LogP) is 3.17. The summed E-state index contributed by atoms with van der Waals surface area (Å²) in [6, 6.07) is 12.4. The highest BCUT2D eigenvalue weighted by Crippen LogP contribution is 2.14. The van der Waals surface area contributed by atoms with Crippen molar-refractivity contribution in [2.75, 3.05) is 5.32 Å². The second-order valence-electron chi connectivity index (χ2n) is 5.46. The molecule has 1 heterocycles. The summed E-state index contributed by atoms with van der Waals surface area (Å²) in [6.45, 7) is 5.83. The Hall–Kier alpha value is -2.69. The molecule has 2 aromatic rings. The molecule has 1 unspecified atom stereocenters. The van der Waals surface area contributed by atoms with Crippen LogP contribution in [0.5, 0.6) is 0 Å².